The number of benzene rings is 2. The Morgan fingerprint density at radius 2 is 1.71 bits per heavy atom. The molecule has 3 heterocycles. The number of rotatable bonds is 7. The Morgan fingerprint density at radius 1 is 1.00 bits per heavy atom. The van der Waals surface area contributed by atoms with Gasteiger partial charge in [-0.1, -0.05) is 54.6 Å². The number of nitrogens with two attached hydrogens (primary N) is 1. The van der Waals surface area contributed by atoms with Gasteiger partial charge in [0.2, 0.25) is 0 Å². The number of carbonyl (C=O) groups excluding carboxylic acids is 2. The summed E-state index contributed by atoms with van der Waals surface area (Å²) >= 11 is 0. The Labute approximate surface area is 202 Å². The number of morpholine rings is 1. The third-order valence-corrected chi connectivity index (χ3v) is 6.09. The molecule has 1 saturated heterocycles. The van der Waals surface area contributed by atoms with E-state index in [1.165, 1.54) is 10.7 Å². The zero-order valence-corrected chi connectivity index (χ0v) is 19.2. The van der Waals surface area contributed by atoms with E-state index in [9.17, 15) is 9.59 Å². The van der Waals surface area contributed by atoms with Crippen molar-refractivity contribution >= 4 is 17.5 Å². The molecule has 5 rings (SSSR count). The lowest BCUT2D eigenvalue weighted by Crippen LogP contribution is -2.36. The molecule has 4 aromatic rings. The van der Waals surface area contributed by atoms with E-state index in [1.807, 2.05) is 48.5 Å². The predicted octanol–water partition coefficient (Wildman–Crippen LogP) is 2.26. The van der Waals surface area contributed by atoms with Crippen LogP contribution in [0.2, 0.25) is 0 Å². The standard InChI is InChI=1S/C26H26N6O3/c27-24(33)23-25-30-21(18-6-2-1-3-7-18)14-22(32(25)17-29-23)26(34)28-15-19-8-4-5-9-20(19)16-31-10-12-35-13-11-31/h1-9,14,17H,10-13,15-16H2,(H2,27,33)(H,28,34). The van der Waals surface area contributed by atoms with Crippen LogP contribution >= 0.6 is 0 Å². The van der Waals surface area contributed by atoms with E-state index in [-0.39, 0.29) is 17.2 Å². The van der Waals surface area contributed by atoms with Crippen LogP contribution in [-0.2, 0) is 17.8 Å². The van der Waals surface area contributed by atoms with Gasteiger partial charge in [0, 0.05) is 31.7 Å². The molecule has 0 bridgehead atoms. The summed E-state index contributed by atoms with van der Waals surface area (Å²) in [6, 6.07) is 19.2. The second-order valence-electron chi connectivity index (χ2n) is 8.38. The first-order chi connectivity index (χ1) is 17.1. The number of ether oxygens (including phenoxy) is 1. The molecule has 35 heavy (non-hydrogen) atoms. The average molecular weight is 471 g/mol. The highest BCUT2D eigenvalue weighted by Crippen LogP contribution is 2.21. The molecule has 3 N–H and O–H groups in total. The summed E-state index contributed by atoms with van der Waals surface area (Å²) in [6.45, 7) is 4.41. The van der Waals surface area contributed by atoms with E-state index in [1.54, 1.807) is 6.07 Å². The minimum Gasteiger partial charge on any atom is -0.379 e. The van der Waals surface area contributed by atoms with E-state index in [4.69, 9.17) is 10.5 Å². The molecule has 2 aromatic carbocycles. The second-order valence-corrected chi connectivity index (χ2v) is 8.38. The first-order valence-corrected chi connectivity index (χ1v) is 11.5. The van der Waals surface area contributed by atoms with Crippen molar-refractivity contribution in [3.63, 3.8) is 0 Å². The van der Waals surface area contributed by atoms with E-state index in [0.29, 0.717) is 17.9 Å². The first-order valence-electron chi connectivity index (χ1n) is 11.5. The largest absolute Gasteiger partial charge is 0.379 e. The van der Waals surface area contributed by atoms with Gasteiger partial charge in [-0.25, -0.2) is 9.97 Å². The van der Waals surface area contributed by atoms with Crippen LogP contribution in [0.3, 0.4) is 0 Å². The molecule has 9 heteroatoms. The Balaban J connectivity index is 1.43. The molecule has 0 atom stereocenters. The lowest BCUT2D eigenvalue weighted by atomic mass is 10.1. The maximum absolute atomic E-state index is 13.4. The van der Waals surface area contributed by atoms with Crippen LogP contribution in [0.5, 0.6) is 0 Å². The van der Waals surface area contributed by atoms with Gasteiger partial charge < -0.3 is 15.8 Å². The summed E-state index contributed by atoms with van der Waals surface area (Å²) in [7, 11) is 0. The van der Waals surface area contributed by atoms with Crippen LogP contribution in [0.1, 0.15) is 32.1 Å². The average Bonchev–Trinajstić information content (AvgIpc) is 3.33. The molecular formula is C26H26N6O3. The number of imidazole rings is 1. The van der Waals surface area contributed by atoms with Gasteiger partial charge in [-0.05, 0) is 17.2 Å². The zero-order valence-electron chi connectivity index (χ0n) is 19.2. The van der Waals surface area contributed by atoms with Crippen molar-refractivity contribution in [3.8, 4) is 11.3 Å². The van der Waals surface area contributed by atoms with Gasteiger partial charge in [-0.2, -0.15) is 0 Å². The van der Waals surface area contributed by atoms with Crippen LogP contribution in [-0.4, -0.2) is 57.4 Å². The molecule has 0 saturated carbocycles. The Hall–Kier alpha value is -4.08. The van der Waals surface area contributed by atoms with Crippen LogP contribution in [0.25, 0.3) is 16.9 Å². The number of nitrogens with zero attached hydrogens (tertiary/aromatic N) is 4. The van der Waals surface area contributed by atoms with Crippen molar-refractivity contribution in [3.05, 3.63) is 89.5 Å². The normalized spacial score (nSPS) is 14.2. The van der Waals surface area contributed by atoms with Crippen LogP contribution in [0, 0.1) is 0 Å². The number of hydrogen-bond donors (Lipinski definition) is 2. The van der Waals surface area contributed by atoms with E-state index >= 15 is 0 Å². The van der Waals surface area contributed by atoms with Gasteiger partial charge in [0.1, 0.15) is 12.0 Å². The van der Waals surface area contributed by atoms with Crippen molar-refractivity contribution < 1.29 is 14.3 Å². The number of aromatic nitrogens is 3. The fraction of sp³-hybridized carbons (Fsp3) is 0.231. The number of primary amides is 1. The molecule has 0 radical (unpaired) electrons. The lowest BCUT2D eigenvalue weighted by molar-refractivity contribution is 0.0340. The van der Waals surface area contributed by atoms with Crippen LogP contribution in [0.15, 0.2) is 67.0 Å². The third-order valence-electron chi connectivity index (χ3n) is 6.09. The monoisotopic (exact) mass is 470 g/mol. The molecule has 2 amide bonds. The summed E-state index contributed by atoms with van der Waals surface area (Å²) in [6.07, 6.45) is 1.40. The number of nitrogens with one attached hydrogen (secondary N) is 1. The van der Waals surface area contributed by atoms with Gasteiger partial charge in [-0.3, -0.25) is 18.9 Å². The minimum atomic E-state index is -0.700. The number of carbonyl (C=O) groups is 2. The lowest BCUT2D eigenvalue weighted by Gasteiger charge is -2.27. The molecule has 1 aliphatic rings. The smallest absolute Gasteiger partial charge is 0.271 e. The van der Waals surface area contributed by atoms with Crippen molar-refractivity contribution in [2.24, 2.45) is 5.73 Å². The number of fused-ring (bicyclic) bond motifs is 1. The minimum absolute atomic E-state index is 0.0210. The molecular weight excluding hydrogens is 444 g/mol. The van der Waals surface area contributed by atoms with Crippen molar-refractivity contribution in [2.45, 2.75) is 13.1 Å². The first kappa shape index (κ1) is 22.7. The zero-order chi connectivity index (χ0) is 24.2. The maximum Gasteiger partial charge on any atom is 0.271 e. The van der Waals surface area contributed by atoms with Crippen molar-refractivity contribution in [2.75, 3.05) is 26.3 Å². The SMILES string of the molecule is NC(=O)c1ncn2c(C(=O)NCc3ccccc3CN3CCOCC3)cc(-c3ccccc3)nc12. The second kappa shape index (κ2) is 10.0. The van der Waals surface area contributed by atoms with Gasteiger partial charge in [0.15, 0.2) is 11.3 Å². The summed E-state index contributed by atoms with van der Waals surface area (Å²) in [5.74, 6) is -1.00. The highest BCUT2D eigenvalue weighted by Gasteiger charge is 2.20. The molecule has 0 aliphatic carbocycles. The van der Waals surface area contributed by atoms with Crippen LogP contribution < -0.4 is 11.1 Å². The number of amides is 2. The summed E-state index contributed by atoms with van der Waals surface area (Å²) < 4.78 is 6.95. The highest BCUT2D eigenvalue weighted by atomic mass is 16.5. The van der Waals surface area contributed by atoms with Crippen molar-refractivity contribution in [1.29, 1.82) is 0 Å². The van der Waals surface area contributed by atoms with E-state index in [2.05, 4.69) is 26.3 Å². The summed E-state index contributed by atoms with van der Waals surface area (Å²) in [5.41, 5.74) is 9.67. The van der Waals surface area contributed by atoms with Crippen LogP contribution in [0.4, 0.5) is 0 Å². The van der Waals surface area contributed by atoms with Crippen molar-refractivity contribution in [1.82, 2.24) is 24.6 Å². The molecule has 2 aromatic heterocycles. The molecule has 1 aliphatic heterocycles. The maximum atomic E-state index is 13.4. The Morgan fingerprint density at radius 3 is 2.46 bits per heavy atom. The molecule has 9 nitrogen and oxygen atoms in total. The Kier molecular flexibility index (Phi) is 6.51. The molecule has 0 unspecified atom stereocenters. The highest BCUT2D eigenvalue weighted by molar-refractivity contribution is 5.99. The van der Waals surface area contributed by atoms with Gasteiger partial charge in [0.05, 0.1) is 18.9 Å². The molecule has 178 valence electrons. The molecule has 0 spiro atoms. The quantitative estimate of drug-likeness (QED) is 0.428. The Bertz CT molecular complexity index is 1360. The van der Waals surface area contributed by atoms with Gasteiger partial charge in [0.25, 0.3) is 11.8 Å². The number of hydrogen-bond acceptors (Lipinski definition) is 6. The molecule has 1 fully saturated rings. The van der Waals surface area contributed by atoms with Gasteiger partial charge in [-0.15, -0.1) is 0 Å². The predicted molar refractivity (Wildman–Crippen MR) is 131 cm³/mol. The van der Waals surface area contributed by atoms with E-state index in [0.717, 1.165) is 49.5 Å². The summed E-state index contributed by atoms with van der Waals surface area (Å²) in [5, 5.41) is 3.03. The summed E-state index contributed by atoms with van der Waals surface area (Å²) in [4.78, 5) is 36.3. The third kappa shape index (κ3) is 4.91. The van der Waals surface area contributed by atoms with Gasteiger partial charge >= 0.3 is 0 Å². The fourth-order valence-electron chi connectivity index (χ4n) is 4.23. The topological polar surface area (TPSA) is 115 Å². The van der Waals surface area contributed by atoms with E-state index < -0.39 is 5.91 Å². The fourth-order valence-corrected chi connectivity index (χ4v) is 4.23.